The molecule has 1 aliphatic carbocycles. The van der Waals surface area contributed by atoms with Crippen molar-refractivity contribution in [3.8, 4) is 0 Å². The molecule has 0 radical (unpaired) electrons. The molecule has 0 bridgehead atoms. The SMILES string of the molecule is Cc1ncc(CN(Cc2cccc(CNC(=O)c3c(C)ncnc3C)c2)C2CCCc3cccnc32)[nH]1. The molecule has 1 unspecified atom stereocenters. The lowest BCUT2D eigenvalue weighted by Crippen LogP contribution is -2.31. The van der Waals surface area contributed by atoms with E-state index in [1.54, 1.807) is 0 Å². The number of nitrogens with one attached hydrogen (secondary N) is 2. The van der Waals surface area contributed by atoms with Crippen LogP contribution in [0.4, 0.5) is 0 Å². The van der Waals surface area contributed by atoms with Crippen LogP contribution in [0.3, 0.4) is 0 Å². The molecule has 2 N–H and O–H groups in total. The molecule has 0 saturated carbocycles. The van der Waals surface area contributed by atoms with E-state index in [2.05, 4.69) is 54.4 Å². The molecule has 37 heavy (non-hydrogen) atoms. The van der Waals surface area contributed by atoms with Gasteiger partial charge in [0.05, 0.1) is 28.7 Å². The molecule has 8 heteroatoms. The van der Waals surface area contributed by atoms with E-state index in [1.807, 2.05) is 45.3 Å². The number of hydrogen-bond acceptors (Lipinski definition) is 6. The lowest BCUT2D eigenvalue weighted by molar-refractivity contribution is 0.0948. The summed E-state index contributed by atoms with van der Waals surface area (Å²) < 4.78 is 0. The Morgan fingerprint density at radius 2 is 1.84 bits per heavy atom. The van der Waals surface area contributed by atoms with Crippen molar-refractivity contribution in [3.63, 3.8) is 0 Å². The second-order valence-corrected chi connectivity index (χ2v) is 9.78. The number of aromatic amines is 1. The molecular weight excluding hydrogens is 462 g/mol. The van der Waals surface area contributed by atoms with Crippen molar-refractivity contribution in [3.05, 3.63) is 106 Å². The Hall–Kier alpha value is -3.91. The molecule has 3 heterocycles. The van der Waals surface area contributed by atoms with Crippen LogP contribution < -0.4 is 5.32 Å². The van der Waals surface area contributed by atoms with E-state index in [0.717, 1.165) is 49.4 Å². The van der Waals surface area contributed by atoms with Gasteiger partial charge in [0.25, 0.3) is 5.91 Å². The van der Waals surface area contributed by atoms with Crippen LogP contribution in [0.5, 0.6) is 0 Å². The minimum atomic E-state index is -0.151. The maximum absolute atomic E-state index is 12.8. The van der Waals surface area contributed by atoms with Crippen molar-refractivity contribution in [1.82, 2.24) is 35.1 Å². The lowest BCUT2D eigenvalue weighted by atomic mass is 9.90. The average molecular weight is 496 g/mol. The first-order chi connectivity index (χ1) is 18.0. The first-order valence-corrected chi connectivity index (χ1v) is 12.8. The van der Waals surface area contributed by atoms with E-state index in [-0.39, 0.29) is 11.9 Å². The number of imidazole rings is 1. The van der Waals surface area contributed by atoms with Crippen molar-refractivity contribution < 1.29 is 4.79 Å². The van der Waals surface area contributed by atoms with Crippen molar-refractivity contribution in [1.29, 1.82) is 0 Å². The second kappa shape index (κ2) is 11.0. The summed E-state index contributed by atoms with van der Waals surface area (Å²) in [5.41, 5.74) is 7.79. The van der Waals surface area contributed by atoms with Gasteiger partial charge in [-0.05, 0) is 62.8 Å². The highest BCUT2D eigenvalue weighted by Gasteiger charge is 2.28. The third-order valence-corrected chi connectivity index (χ3v) is 7.02. The maximum Gasteiger partial charge on any atom is 0.255 e. The zero-order valence-corrected chi connectivity index (χ0v) is 21.7. The molecule has 190 valence electrons. The van der Waals surface area contributed by atoms with Crippen LogP contribution in [-0.4, -0.2) is 35.7 Å². The molecule has 5 rings (SSSR count). The maximum atomic E-state index is 12.8. The molecule has 0 fully saturated rings. The largest absolute Gasteiger partial charge is 0.348 e. The van der Waals surface area contributed by atoms with E-state index in [4.69, 9.17) is 4.98 Å². The number of benzene rings is 1. The van der Waals surface area contributed by atoms with Crippen molar-refractivity contribution in [2.45, 2.75) is 65.7 Å². The fourth-order valence-electron chi connectivity index (χ4n) is 5.25. The molecular formula is C29H33N7O. The third-order valence-electron chi connectivity index (χ3n) is 7.02. The Kier molecular flexibility index (Phi) is 7.37. The van der Waals surface area contributed by atoms with Crippen molar-refractivity contribution >= 4 is 5.91 Å². The molecule has 3 aromatic heterocycles. The van der Waals surface area contributed by atoms with Gasteiger partial charge in [0.15, 0.2) is 0 Å². The summed E-state index contributed by atoms with van der Waals surface area (Å²) in [6.45, 7) is 7.61. The highest BCUT2D eigenvalue weighted by Crippen LogP contribution is 2.34. The zero-order chi connectivity index (χ0) is 25.8. The van der Waals surface area contributed by atoms with Crippen LogP contribution >= 0.6 is 0 Å². The molecule has 1 aliphatic rings. The summed E-state index contributed by atoms with van der Waals surface area (Å²) in [5.74, 6) is 0.770. The van der Waals surface area contributed by atoms with Crippen LogP contribution in [0.15, 0.2) is 55.1 Å². The fraction of sp³-hybridized carbons (Fsp3) is 0.345. The smallest absolute Gasteiger partial charge is 0.255 e. The fourth-order valence-corrected chi connectivity index (χ4v) is 5.25. The first kappa shape index (κ1) is 24.8. The van der Waals surface area contributed by atoms with Crippen LogP contribution in [0, 0.1) is 20.8 Å². The molecule has 4 aromatic rings. The van der Waals surface area contributed by atoms with E-state index in [1.165, 1.54) is 23.1 Å². The molecule has 1 amide bonds. The highest BCUT2D eigenvalue weighted by atomic mass is 16.1. The summed E-state index contributed by atoms with van der Waals surface area (Å²) in [7, 11) is 0. The van der Waals surface area contributed by atoms with Gasteiger partial charge in [0, 0.05) is 37.7 Å². The molecule has 8 nitrogen and oxygen atoms in total. The zero-order valence-electron chi connectivity index (χ0n) is 21.7. The Balaban J connectivity index is 1.35. The van der Waals surface area contributed by atoms with Gasteiger partial charge >= 0.3 is 0 Å². The van der Waals surface area contributed by atoms with Crippen molar-refractivity contribution in [2.24, 2.45) is 0 Å². The summed E-state index contributed by atoms with van der Waals surface area (Å²) >= 11 is 0. The summed E-state index contributed by atoms with van der Waals surface area (Å²) in [6, 6.07) is 12.9. The van der Waals surface area contributed by atoms with Crippen LogP contribution in [-0.2, 0) is 26.1 Å². The first-order valence-electron chi connectivity index (χ1n) is 12.8. The normalized spacial score (nSPS) is 15.0. The van der Waals surface area contributed by atoms with E-state index < -0.39 is 0 Å². The second-order valence-electron chi connectivity index (χ2n) is 9.78. The number of H-pyrrole nitrogens is 1. The van der Waals surface area contributed by atoms with E-state index >= 15 is 0 Å². The number of carbonyl (C=O) groups is 1. The van der Waals surface area contributed by atoms with E-state index in [0.29, 0.717) is 23.5 Å². The number of fused-ring (bicyclic) bond motifs is 1. The monoisotopic (exact) mass is 495 g/mol. The van der Waals surface area contributed by atoms with Crippen molar-refractivity contribution in [2.75, 3.05) is 0 Å². The minimum Gasteiger partial charge on any atom is -0.348 e. The minimum absolute atomic E-state index is 0.151. The van der Waals surface area contributed by atoms with Crippen LogP contribution in [0.25, 0.3) is 0 Å². The Morgan fingerprint density at radius 1 is 1.03 bits per heavy atom. The van der Waals surface area contributed by atoms with Gasteiger partial charge in [-0.3, -0.25) is 14.7 Å². The summed E-state index contributed by atoms with van der Waals surface area (Å²) in [5, 5.41) is 3.04. The predicted molar refractivity (Wildman–Crippen MR) is 142 cm³/mol. The van der Waals surface area contributed by atoms with Gasteiger partial charge in [0.1, 0.15) is 12.2 Å². The van der Waals surface area contributed by atoms with Gasteiger partial charge < -0.3 is 10.3 Å². The average Bonchev–Trinajstić information content (AvgIpc) is 3.31. The molecule has 0 spiro atoms. The predicted octanol–water partition coefficient (Wildman–Crippen LogP) is 4.53. The van der Waals surface area contributed by atoms with Gasteiger partial charge in [-0.15, -0.1) is 0 Å². The number of aromatic nitrogens is 5. The molecule has 1 atom stereocenters. The number of nitrogens with zero attached hydrogens (tertiary/aromatic N) is 5. The van der Waals surface area contributed by atoms with Gasteiger partial charge in [-0.2, -0.15) is 0 Å². The highest BCUT2D eigenvalue weighted by molar-refractivity contribution is 5.96. The van der Waals surface area contributed by atoms with Crippen LogP contribution in [0.1, 0.15) is 74.5 Å². The molecule has 0 aliphatic heterocycles. The number of pyridine rings is 1. The summed E-state index contributed by atoms with van der Waals surface area (Å²) in [4.78, 5) is 36.3. The van der Waals surface area contributed by atoms with E-state index in [9.17, 15) is 4.79 Å². The number of aryl methyl sites for hydroxylation is 4. The standard InChI is InChI=1S/C29H33N7O/c1-19-27(20(2)34-18-33-19)29(37)32-14-22-7-4-8-23(13-22)16-36(17-25-15-31-21(3)35-25)26-11-5-9-24-10-6-12-30-28(24)26/h4,6-8,10,12-13,15,18,26H,5,9,11,14,16-17H2,1-3H3,(H,31,35)(H,32,37). The topological polar surface area (TPSA) is 99.7 Å². The van der Waals surface area contributed by atoms with Crippen LogP contribution in [0.2, 0.25) is 0 Å². The Labute approximate surface area is 217 Å². The van der Waals surface area contributed by atoms with Gasteiger partial charge in [0.2, 0.25) is 0 Å². The van der Waals surface area contributed by atoms with Gasteiger partial charge in [-0.1, -0.05) is 30.3 Å². The lowest BCUT2D eigenvalue weighted by Gasteiger charge is -2.35. The van der Waals surface area contributed by atoms with Gasteiger partial charge in [-0.25, -0.2) is 15.0 Å². The Morgan fingerprint density at radius 3 is 2.62 bits per heavy atom. The third kappa shape index (κ3) is 5.75. The quantitative estimate of drug-likeness (QED) is 0.373. The Bertz CT molecular complexity index is 1380. The number of rotatable bonds is 8. The summed E-state index contributed by atoms with van der Waals surface area (Å²) in [6.07, 6.45) is 8.62. The number of carbonyl (C=O) groups excluding carboxylic acids is 1. The molecule has 0 saturated heterocycles. The number of hydrogen-bond donors (Lipinski definition) is 2. The number of amides is 1. The molecule has 1 aromatic carbocycles.